The van der Waals surface area contributed by atoms with E-state index in [0.717, 1.165) is 56.3 Å². The van der Waals surface area contributed by atoms with Crippen LogP contribution in [0.25, 0.3) is 0 Å². The maximum atomic E-state index is 11.5. The van der Waals surface area contributed by atoms with Gasteiger partial charge in [-0.3, -0.25) is 0 Å². The average molecular weight is 391 g/mol. The summed E-state index contributed by atoms with van der Waals surface area (Å²) >= 11 is 0. The Balaban J connectivity index is 1.55. The van der Waals surface area contributed by atoms with E-state index in [1.165, 1.54) is 25.7 Å². The van der Waals surface area contributed by atoms with Crippen LogP contribution in [0.2, 0.25) is 0 Å². The molecular weight excluding hydrogens is 348 g/mol. The molecule has 0 aromatic heterocycles. The molecule has 0 bridgehead atoms. The fourth-order valence-corrected chi connectivity index (χ4v) is 8.89. The highest BCUT2D eigenvalue weighted by atomic mass is 16.3. The first-order valence-electron chi connectivity index (χ1n) is 12.0. The van der Waals surface area contributed by atoms with Gasteiger partial charge < -0.3 is 15.0 Å². The SMILES string of the molecule is CC(=O)CCC(C)C1CC[C@H]2C3C[C@H](O)C4C[C@H](O)CC[C@]4(C)[C@H]3CC[C@]12C. The van der Waals surface area contributed by atoms with Crippen LogP contribution in [-0.4, -0.2) is 28.2 Å². The second kappa shape index (κ2) is 7.38. The van der Waals surface area contributed by atoms with Crippen LogP contribution in [-0.2, 0) is 4.79 Å². The molecule has 10 atom stereocenters. The number of rotatable bonds is 4. The predicted molar refractivity (Wildman–Crippen MR) is 112 cm³/mol. The highest BCUT2D eigenvalue weighted by Crippen LogP contribution is 2.68. The summed E-state index contributed by atoms with van der Waals surface area (Å²) in [4.78, 5) is 11.5. The highest BCUT2D eigenvalue weighted by Gasteiger charge is 2.62. The van der Waals surface area contributed by atoms with Crippen LogP contribution in [0.4, 0.5) is 0 Å². The van der Waals surface area contributed by atoms with Crippen molar-refractivity contribution in [2.75, 3.05) is 0 Å². The Morgan fingerprint density at radius 2 is 1.64 bits per heavy atom. The molecule has 3 heteroatoms. The number of carbonyl (C=O) groups excluding carboxylic acids is 1. The van der Waals surface area contributed by atoms with Crippen LogP contribution in [0.15, 0.2) is 0 Å². The molecule has 28 heavy (non-hydrogen) atoms. The smallest absolute Gasteiger partial charge is 0.129 e. The minimum Gasteiger partial charge on any atom is -0.393 e. The zero-order chi connectivity index (χ0) is 20.3. The largest absolute Gasteiger partial charge is 0.393 e. The molecule has 160 valence electrons. The minimum atomic E-state index is -0.238. The van der Waals surface area contributed by atoms with Crippen LogP contribution in [0, 0.1) is 46.3 Å². The monoisotopic (exact) mass is 390 g/mol. The van der Waals surface area contributed by atoms with E-state index < -0.39 is 0 Å². The van der Waals surface area contributed by atoms with E-state index in [2.05, 4.69) is 20.8 Å². The number of aliphatic hydroxyl groups is 2. The van der Waals surface area contributed by atoms with Crippen LogP contribution in [0.1, 0.15) is 91.9 Å². The van der Waals surface area contributed by atoms with Gasteiger partial charge in [0.2, 0.25) is 0 Å². The average Bonchev–Trinajstić information content (AvgIpc) is 2.99. The van der Waals surface area contributed by atoms with E-state index in [1.54, 1.807) is 6.92 Å². The van der Waals surface area contributed by atoms with Crippen LogP contribution in [0.3, 0.4) is 0 Å². The third-order valence-corrected chi connectivity index (χ3v) is 10.4. The number of ketones is 1. The van der Waals surface area contributed by atoms with E-state index in [0.29, 0.717) is 23.0 Å². The van der Waals surface area contributed by atoms with Crippen molar-refractivity contribution < 1.29 is 15.0 Å². The maximum absolute atomic E-state index is 11.5. The van der Waals surface area contributed by atoms with E-state index in [1.807, 2.05) is 0 Å². The van der Waals surface area contributed by atoms with Gasteiger partial charge in [-0.1, -0.05) is 20.8 Å². The molecule has 4 saturated carbocycles. The molecule has 0 aliphatic heterocycles. The number of hydrogen-bond donors (Lipinski definition) is 2. The van der Waals surface area contributed by atoms with Gasteiger partial charge in [0, 0.05) is 6.42 Å². The molecule has 0 aromatic rings. The number of carbonyl (C=O) groups is 1. The fourth-order valence-electron chi connectivity index (χ4n) is 8.89. The Bertz CT molecular complexity index is 603. The lowest BCUT2D eigenvalue weighted by Crippen LogP contribution is -2.58. The summed E-state index contributed by atoms with van der Waals surface area (Å²) < 4.78 is 0. The van der Waals surface area contributed by atoms with Gasteiger partial charge >= 0.3 is 0 Å². The molecule has 4 rings (SSSR count). The number of hydrogen-bond acceptors (Lipinski definition) is 3. The van der Waals surface area contributed by atoms with Crippen molar-refractivity contribution in [2.24, 2.45) is 46.3 Å². The van der Waals surface area contributed by atoms with Crippen molar-refractivity contribution in [1.29, 1.82) is 0 Å². The standard InChI is InChI=1S/C25H42O3/c1-15(5-6-16(2)26)19-7-8-20-18-14-23(28)22-13-17(27)9-11-25(22,4)21(18)10-12-24(19,20)3/h15,17-23,27-28H,5-14H2,1-4H3/t15?,17-,18?,19?,20+,21+,22?,23+,24-,25-/m1/s1. The number of fused-ring (bicyclic) bond motifs is 5. The molecule has 2 N–H and O–H groups in total. The first-order chi connectivity index (χ1) is 13.2. The van der Waals surface area contributed by atoms with E-state index >= 15 is 0 Å². The van der Waals surface area contributed by atoms with Crippen molar-refractivity contribution in [1.82, 2.24) is 0 Å². The second-order valence-corrected chi connectivity index (χ2v) is 11.7. The number of aliphatic hydroxyl groups excluding tert-OH is 2. The Labute approximate surface area is 171 Å². The lowest BCUT2D eigenvalue weighted by molar-refractivity contribution is -0.172. The molecule has 3 nitrogen and oxygen atoms in total. The molecule has 4 fully saturated rings. The third kappa shape index (κ3) is 3.20. The Kier molecular flexibility index (Phi) is 5.49. The lowest BCUT2D eigenvalue weighted by Gasteiger charge is -2.62. The highest BCUT2D eigenvalue weighted by molar-refractivity contribution is 5.75. The first-order valence-corrected chi connectivity index (χ1v) is 12.0. The molecule has 0 aromatic carbocycles. The van der Waals surface area contributed by atoms with Crippen molar-refractivity contribution in [2.45, 2.75) is 104 Å². The summed E-state index contributed by atoms with van der Waals surface area (Å²) in [6.45, 7) is 9.08. The Hall–Kier alpha value is -0.410. The quantitative estimate of drug-likeness (QED) is 0.711. The summed E-state index contributed by atoms with van der Waals surface area (Å²) in [6.07, 6.45) is 10.3. The fraction of sp³-hybridized carbons (Fsp3) is 0.960. The molecule has 0 saturated heterocycles. The van der Waals surface area contributed by atoms with Gasteiger partial charge in [0.05, 0.1) is 12.2 Å². The van der Waals surface area contributed by atoms with Crippen molar-refractivity contribution in [3.05, 3.63) is 0 Å². The Morgan fingerprint density at radius 3 is 2.36 bits per heavy atom. The molecule has 0 heterocycles. The molecular formula is C25H42O3. The van der Waals surface area contributed by atoms with Gasteiger partial charge in [0.1, 0.15) is 5.78 Å². The van der Waals surface area contributed by atoms with Crippen molar-refractivity contribution in [3.8, 4) is 0 Å². The normalized spacial score (nSPS) is 51.7. The molecule has 4 aliphatic rings. The molecule has 4 aliphatic carbocycles. The van der Waals surface area contributed by atoms with Crippen LogP contribution < -0.4 is 0 Å². The predicted octanol–water partition coefficient (Wildman–Crippen LogP) is 4.98. The maximum Gasteiger partial charge on any atom is 0.129 e. The zero-order valence-electron chi connectivity index (χ0n) is 18.5. The summed E-state index contributed by atoms with van der Waals surface area (Å²) in [6, 6.07) is 0. The van der Waals surface area contributed by atoms with Gasteiger partial charge in [-0.15, -0.1) is 0 Å². The summed E-state index contributed by atoms with van der Waals surface area (Å²) in [5.74, 6) is 4.06. The zero-order valence-corrected chi connectivity index (χ0v) is 18.5. The van der Waals surface area contributed by atoms with E-state index in [4.69, 9.17) is 0 Å². The molecule has 0 radical (unpaired) electrons. The minimum absolute atomic E-state index is 0.210. The van der Waals surface area contributed by atoms with Crippen molar-refractivity contribution >= 4 is 5.78 Å². The third-order valence-electron chi connectivity index (χ3n) is 10.4. The Morgan fingerprint density at radius 1 is 0.964 bits per heavy atom. The lowest BCUT2D eigenvalue weighted by atomic mass is 9.44. The van der Waals surface area contributed by atoms with Crippen LogP contribution in [0.5, 0.6) is 0 Å². The van der Waals surface area contributed by atoms with Gasteiger partial charge in [0.15, 0.2) is 0 Å². The van der Waals surface area contributed by atoms with Gasteiger partial charge in [-0.05, 0) is 111 Å². The van der Waals surface area contributed by atoms with Gasteiger partial charge in [0.25, 0.3) is 0 Å². The van der Waals surface area contributed by atoms with Crippen molar-refractivity contribution in [3.63, 3.8) is 0 Å². The number of Topliss-reactive ketones (excluding diaryl/α,β-unsaturated/α-hetero) is 1. The molecule has 0 amide bonds. The second-order valence-electron chi connectivity index (χ2n) is 11.7. The summed E-state index contributed by atoms with van der Waals surface area (Å²) in [5.41, 5.74) is 0.593. The summed E-state index contributed by atoms with van der Waals surface area (Å²) in [5, 5.41) is 21.3. The molecule has 0 spiro atoms. The topological polar surface area (TPSA) is 57.5 Å². The first kappa shape index (κ1) is 20.8. The molecule has 4 unspecified atom stereocenters. The van der Waals surface area contributed by atoms with E-state index in [9.17, 15) is 15.0 Å². The summed E-state index contributed by atoms with van der Waals surface area (Å²) in [7, 11) is 0. The van der Waals surface area contributed by atoms with Crippen LogP contribution >= 0.6 is 0 Å². The van der Waals surface area contributed by atoms with E-state index in [-0.39, 0.29) is 23.5 Å². The van der Waals surface area contributed by atoms with Gasteiger partial charge in [-0.25, -0.2) is 0 Å². The van der Waals surface area contributed by atoms with Gasteiger partial charge in [-0.2, -0.15) is 0 Å².